The van der Waals surface area contributed by atoms with Crippen LogP contribution in [-0.2, 0) is 16.0 Å². The van der Waals surface area contributed by atoms with Gasteiger partial charge in [0.05, 0.1) is 13.0 Å². The smallest absolute Gasteiger partial charge is 0.248 e. The van der Waals surface area contributed by atoms with E-state index in [9.17, 15) is 18.4 Å². The van der Waals surface area contributed by atoms with Crippen molar-refractivity contribution in [2.45, 2.75) is 12.5 Å². The fourth-order valence-electron chi connectivity index (χ4n) is 1.21. The van der Waals surface area contributed by atoms with Crippen molar-refractivity contribution in [2.75, 3.05) is 6.54 Å². The van der Waals surface area contributed by atoms with Crippen molar-refractivity contribution in [1.82, 2.24) is 5.32 Å². The number of amides is 2. The normalized spacial score (nSPS) is 11.9. The quantitative estimate of drug-likeness (QED) is 0.663. The lowest BCUT2D eigenvalue weighted by Crippen LogP contribution is -2.40. The molecule has 1 atom stereocenters. The second kappa shape index (κ2) is 6.06. The van der Waals surface area contributed by atoms with Gasteiger partial charge in [0.25, 0.3) is 0 Å². The Morgan fingerprint density at radius 3 is 2.61 bits per heavy atom. The third-order valence-electron chi connectivity index (χ3n) is 2.19. The summed E-state index contributed by atoms with van der Waals surface area (Å²) in [5, 5.41) is 11.2. The third-order valence-corrected chi connectivity index (χ3v) is 2.19. The van der Waals surface area contributed by atoms with Gasteiger partial charge in [0, 0.05) is 6.07 Å². The summed E-state index contributed by atoms with van der Waals surface area (Å²) in [7, 11) is 0. The molecule has 0 saturated heterocycles. The molecule has 0 heterocycles. The highest BCUT2D eigenvalue weighted by molar-refractivity contribution is 5.81. The summed E-state index contributed by atoms with van der Waals surface area (Å²) in [6.45, 7) is -0.350. The maximum atomic E-state index is 13.2. The molecule has 0 fully saturated rings. The minimum atomic E-state index is -1.49. The van der Waals surface area contributed by atoms with Crippen LogP contribution in [0.3, 0.4) is 0 Å². The van der Waals surface area contributed by atoms with Crippen molar-refractivity contribution in [3.8, 4) is 0 Å². The molecular weight excluding hydrogens is 246 g/mol. The number of nitrogens with one attached hydrogen (secondary N) is 1. The number of aliphatic hydroxyl groups excluding tert-OH is 1. The minimum absolute atomic E-state index is 0.0162. The van der Waals surface area contributed by atoms with Gasteiger partial charge in [-0.05, 0) is 11.6 Å². The Balaban J connectivity index is 2.52. The molecule has 0 saturated carbocycles. The summed E-state index contributed by atoms with van der Waals surface area (Å²) >= 11 is 0. The fourth-order valence-corrected chi connectivity index (χ4v) is 1.21. The van der Waals surface area contributed by atoms with Gasteiger partial charge in [-0.2, -0.15) is 0 Å². The van der Waals surface area contributed by atoms with E-state index in [1.165, 1.54) is 0 Å². The Morgan fingerprint density at radius 2 is 2.06 bits per heavy atom. The molecule has 0 aliphatic carbocycles. The van der Waals surface area contributed by atoms with Gasteiger partial charge in [0.1, 0.15) is 17.7 Å². The van der Waals surface area contributed by atoms with Crippen molar-refractivity contribution >= 4 is 11.8 Å². The molecule has 1 aromatic rings. The average molecular weight is 258 g/mol. The molecule has 0 spiro atoms. The predicted molar refractivity (Wildman–Crippen MR) is 58.3 cm³/mol. The van der Waals surface area contributed by atoms with Crippen LogP contribution in [0.2, 0.25) is 0 Å². The average Bonchev–Trinajstić information content (AvgIpc) is 2.29. The van der Waals surface area contributed by atoms with Gasteiger partial charge in [-0.15, -0.1) is 0 Å². The SMILES string of the molecule is NC(=O)C(O)CNC(=O)Cc1ccc(F)cc1F. The van der Waals surface area contributed by atoms with E-state index in [4.69, 9.17) is 10.8 Å². The topological polar surface area (TPSA) is 92.4 Å². The summed E-state index contributed by atoms with van der Waals surface area (Å²) in [4.78, 5) is 21.8. The molecule has 1 unspecified atom stereocenters. The molecule has 1 rings (SSSR count). The first-order valence-electron chi connectivity index (χ1n) is 5.08. The van der Waals surface area contributed by atoms with Crippen molar-refractivity contribution < 1.29 is 23.5 Å². The Labute approximate surface area is 102 Å². The van der Waals surface area contributed by atoms with Crippen molar-refractivity contribution in [1.29, 1.82) is 0 Å². The van der Waals surface area contributed by atoms with Crippen LogP contribution in [0.5, 0.6) is 0 Å². The van der Waals surface area contributed by atoms with Crippen LogP contribution < -0.4 is 11.1 Å². The number of halogens is 2. The van der Waals surface area contributed by atoms with Crippen molar-refractivity contribution in [3.05, 3.63) is 35.4 Å². The highest BCUT2D eigenvalue weighted by Gasteiger charge is 2.13. The molecule has 7 heteroatoms. The van der Waals surface area contributed by atoms with Gasteiger partial charge in [-0.3, -0.25) is 9.59 Å². The molecule has 0 aliphatic rings. The molecule has 1 aromatic carbocycles. The van der Waals surface area contributed by atoms with E-state index in [1.807, 2.05) is 0 Å². The first kappa shape index (κ1) is 14.0. The second-order valence-electron chi connectivity index (χ2n) is 3.63. The van der Waals surface area contributed by atoms with E-state index in [1.54, 1.807) is 0 Å². The first-order valence-corrected chi connectivity index (χ1v) is 5.08. The van der Waals surface area contributed by atoms with E-state index in [0.717, 1.165) is 12.1 Å². The van der Waals surface area contributed by atoms with Crippen LogP contribution in [0, 0.1) is 11.6 Å². The highest BCUT2D eigenvalue weighted by Crippen LogP contribution is 2.09. The number of rotatable bonds is 5. The van der Waals surface area contributed by atoms with Crippen LogP contribution in [0.1, 0.15) is 5.56 Å². The highest BCUT2D eigenvalue weighted by atomic mass is 19.1. The monoisotopic (exact) mass is 258 g/mol. The zero-order valence-electron chi connectivity index (χ0n) is 9.32. The molecular formula is C11H12F2N2O3. The van der Waals surface area contributed by atoms with Gasteiger partial charge in [0.15, 0.2) is 0 Å². The molecule has 0 aromatic heterocycles. The molecule has 2 amide bonds. The van der Waals surface area contributed by atoms with Gasteiger partial charge < -0.3 is 16.2 Å². The molecule has 0 bridgehead atoms. The third kappa shape index (κ3) is 4.10. The standard InChI is InChI=1S/C11H12F2N2O3/c12-7-2-1-6(8(13)4-7)3-10(17)15-5-9(16)11(14)18/h1-2,4,9,16H,3,5H2,(H2,14,18)(H,15,17). The van der Waals surface area contributed by atoms with Crippen LogP contribution in [0.15, 0.2) is 18.2 Å². The maximum absolute atomic E-state index is 13.2. The van der Waals surface area contributed by atoms with Crippen LogP contribution >= 0.6 is 0 Å². The summed E-state index contributed by atoms with van der Waals surface area (Å²) in [5.74, 6) is -3.15. The zero-order valence-corrected chi connectivity index (χ0v) is 9.32. The van der Waals surface area contributed by atoms with Crippen LogP contribution in [0.25, 0.3) is 0 Å². The largest absolute Gasteiger partial charge is 0.381 e. The molecule has 18 heavy (non-hydrogen) atoms. The molecule has 0 radical (unpaired) electrons. The number of nitrogens with two attached hydrogens (primary N) is 1. The van der Waals surface area contributed by atoms with Gasteiger partial charge in [-0.25, -0.2) is 8.78 Å². The lowest BCUT2D eigenvalue weighted by Gasteiger charge is -2.08. The Hall–Kier alpha value is -2.02. The number of hydrogen-bond acceptors (Lipinski definition) is 3. The lowest BCUT2D eigenvalue weighted by molar-refractivity contribution is -0.126. The number of benzene rings is 1. The van der Waals surface area contributed by atoms with E-state index < -0.39 is 29.6 Å². The fraction of sp³-hybridized carbons (Fsp3) is 0.273. The molecule has 98 valence electrons. The van der Waals surface area contributed by atoms with E-state index in [2.05, 4.69) is 5.32 Å². The van der Waals surface area contributed by atoms with Gasteiger partial charge in [0.2, 0.25) is 11.8 Å². The summed E-state index contributed by atoms with van der Waals surface area (Å²) in [6, 6.07) is 2.85. The van der Waals surface area contributed by atoms with E-state index >= 15 is 0 Å². The Morgan fingerprint density at radius 1 is 1.39 bits per heavy atom. The maximum Gasteiger partial charge on any atom is 0.248 e. The minimum Gasteiger partial charge on any atom is -0.381 e. The van der Waals surface area contributed by atoms with E-state index in [-0.39, 0.29) is 18.5 Å². The summed E-state index contributed by atoms with van der Waals surface area (Å²) < 4.78 is 25.8. The number of carbonyl (C=O) groups excluding carboxylic acids is 2. The number of hydrogen-bond donors (Lipinski definition) is 3. The van der Waals surface area contributed by atoms with Crippen LogP contribution in [-0.4, -0.2) is 29.6 Å². The molecule has 0 aliphatic heterocycles. The Kier molecular flexibility index (Phi) is 4.73. The van der Waals surface area contributed by atoms with Crippen LogP contribution in [0.4, 0.5) is 8.78 Å². The molecule has 5 nitrogen and oxygen atoms in total. The number of primary amides is 1. The van der Waals surface area contributed by atoms with Gasteiger partial charge >= 0.3 is 0 Å². The second-order valence-corrected chi connectivity index (χ2v) is 3.63. The number of carbonyl (C=O) groups is 2. The van der Waals surface area contributed by atoms with E-state index in [0.29, 0.717) is 6.07 Å². The lowest BCUT2D eigenvalue weighted by atomic mass is 10.1. The predicted octanol–water partition coefficient (Wildman–Crippen LogP) is -0.530. The first-order chi connectivity index (χ1) is 8.40. The molecule has 4 N–H and O–H groups in total. The summed E-state index contributed by atoms with van der Waals surface area (Å²) in [6.07, 6.45) is -1.82. The van der Waals surface area contributed by atoms with Crippen molar-refractivity contribution in [2.24, 2.45) is 5.73 Å². The Bertz CT molecular complexity index is 466. The number of aliphatic hydroxyl groups is 1. The zero-order chi connectivity index (χ0) is 13.7. The van der Waals surface area contributed by atoms with Gasteiger partial charge in [-0.1, -0.05) is 6.07 Å². The van der Waals surface area contributed by atoms with Crippen molar-refractivity contribution in [3.63, 3.8) is 0 Å². The summed E-state index contributed by atoms with van der Waals surface area (Å²) in [5.41, 5.74) is 4.79.